The number of nitrogens with one attached hydrogen (secondary N) is 1. The molecule has 1 saturated heterocycles. The molecule has 7 heteroatoms. The van der Waals surface area contributed by atoms with Crippen LogP contribution < -0.4 is 4.90 Å². The first-order valence-electron chi connectivity index (χ1n) is 5.88. The molecule has 3 rings (SSSR count). The molecule has 2 aromatic rings. The maximum absolute atomic E-state index is 5.94. The van der Waals surface area contributed by atoms with Crippen molar-refractivity contribution in [3.63, 3.8) is 0 Å². The van der Waals surface area contributed by atoms with Crippen LogP contribution in [0.5, 0.6) is 0 Å². The molecule has 18 heavy (non-hydrogen) atoms. The van der Waals surface area contributed by atoms with Gasteiger partial charge in [-0.05, 0) is 24.9 Å². The molecule has 2 atom stereocenters. The quantitative estimate of drug-likeness (QED) is 0.838. The lowest BCUT2D eigenvalue weighted by Gasteiger charge is -2.28. The molecule has 3 heterocycles. The zero-order chi connectivity index (χ0) is 12.7. The van der Waals surface area contributed by atoms with Crippen molar-refractivity contribution in [1.82, 2.24) is 20.2 Å². The van der Waals surface area contributed by atoms with Crippen LogP contribution in [0, 0.1) is 0 Å². The summed E-state index contributed by atoms with van der Waals surface area (Å²) in [5, 5.41) is 7.90. The molecule has 2 aromatic heterocycles. The van der Waals surface area contributed by atoms with Crippen LogP contribution in [-0.2, 0) is 4.74 Å². The molecule has 0 aliphatic carbocycles. The number of halogens is 1. The van der Waals surface area contributed by atoms with Gasteiger partial charge in [0.1, 0.15) is 5.82 Å². The predicted molar refractivity (Wildman–Crippen MR) is 68.9 cm³/mol. The number of ether oxygens (including phenoxy) is 1. The Labute approximate surface area is 109 Å². The zero-order valence-corrected chi connectivity index (χ0v) is 11.0. The first-order chi connectivity index (χ1) is 8.66. The molecule has 1 fully saturated rings. The van der Waals surface area contributed by atoms with E-state index in [4.69, 9.17) is 16.3 Å². The van der Waals surface area contributed by atoms with Crippen molar-refractivity contribution in [1.29, 1.82) is 0 Å². The van der Waals surface area contributed by atoms with E-state index in [1.54, 1.807) is 6.20 Å². The molecule has 0 bridgehead atoms. The lowest BCUT2D eigenvalue weighted by molar-refractivity contribution is 0.118. The summed E-state index contributed by atoms with van der Waals surface area (Å²) >= 11 is 5.94. The summed E-state index contributed by atoms with van der Waals surface area (Å²) in [6, 6.07) is 0.300. The molecule has 0 saturated carbocycles. The Morgan fingerprint density at radius 1 is 1.50 bits per heavy atom. The largest absolute Gasteiger partial charge is 0.376 e. The summed E-state index contributed by atoms with van der Waals surface area (Å²) in [4.78, 5) is 10.5. The van der Waals surface area contributed by atoms with E-state index in [0.29, 0.717) is 11.7 Å². The Bertz CT molecular complexity index is 572. The van der Waals surface area contributed by atoms with Crippen LogP contribution in [-0.4, -0.2) is 46.0 Å². The van der Waals surface area contributed by atoms with E-state index in [0.717, 1.165) is 24.2 Å². The number of rotatable bonds is 2. The number of aromatic nitrogens is 4. The van der Waals surface area contributed by atoms with Crippen LogP contribution in [0.15, 0.2) is 6.20 Å². The number of nitrogens with zero attached hydrogens (tertiary/aromatic N) is 4. The first-order valence-corrected chi connectivity index (χ1v) is 6.25. The summed E-state index contributed by atoms with van der Waals surface area (Å²) in [5.74, 6) is 0.793. The van der Waals surface area contributed by atoms with Gasteiger partial charge in [-0.15, -0.1) is 0 Å². The summed E-state index contributed by atoms with van der Waals surface area (Å²) in [6.07, 6.45) is 2.89. The van der Waals surface area contributed by atoms with Crippen LogP contribution in [0.1, 0.15) is 13.3 Å². The van der Waals surface area contributed by atoms with E-state index in [2.05, 4.69) is 32.0 Å². The average Bonchev–Trinajstić information content (AvgIpc) is 2.95. The highest BCUT2D eigenvalue weighted by Gasteiger charge is 2.30. The fraction of sp³-hybridized carbons (Fsp3) is 0.545. The van der Waals surface area contributed by atoms with Crippen LogP contribution in [0.4, 0.5) is 5.82 Å². The number of H-pyrrole nitrogens is 1. The van der Waals surface area contributed by atoms with Crippen molar-refractivity contribution < 1.29 is 4.74 Å². The second-order valence-corrected chi connectivity index (χ2v) is 4.83. The molecular weight excluding hydrogens is 254 g/mol. The lowest BCUT2D eigenvalue weighted by atomic mass is 10.1. The van der Waals surface area contributed by atoms with Gasteiger partial charge in [0.25, 0.3) is 0 Å². The number of likely N-dealkylation sites (N-methyl/N-ethyl adjacent to an activating group) is 1. The highest BCUT2D eigenvalue weighted by atomic mass is 35.5. The van der Waals surface area contributed by atoms with E-state index < -0.39 is 0 Å². The SMILES string of the molecule is CC1OCCC1N(C)c1nc(Cl)nc2[nH]ncc12. The van der Waals surface area contributed by atoms with Gasteiger partial charge in [0.2, 0.25) is 5.28 Å². The Hall–Kier alpha value is -1.40. The molecule has 0 amide bonds. The van der Waals surface area contributed by atoms with E-state index in [1.165, 1.54) is 0 Å². The van der Waals surface area contributed by atoms with Gasteiger partial charge in [0.15, 0.2) is 5.65 Å². The monoisotopic (exact) mass is 267 g/mol. The Morgan fingerprint density at radius 2 is 2.33 bits per heavy atom. The van der Waals surface area contributed by atoms with Gasteiger partial charge in [0.05, 0.1) is 23.7 Å². The lowest BCUT2D eigenvalue weighted by Crippen LogP contribution is -2.37. The van der Waals surface area contributed by atoms with Gasteiger partial charge < -0.3 is 9.64 Å². The predicted octanol–water partition coefficient (Wildman–Crippen LogP) is 1.62. The minimum absolute atomic E-state index is 0.186. The number of anilines is 1. The van der Waals surface area contributed by atoms with Crippen molar-refractivity contribution in [2.75, 3.05) is 18.6 Å². The van der Waals surface area contributed by atoms with Crippen molar-refractivity contribution >= 4 is 28.5 Å². The average molecular weight is 268 g/mol. The topological polar surface area (TPSA) is 66.9 Å². The molecule has 1 aliphatic heterocycles. The van der Waals surface area contributed by atoms with Gasteiger partial charge in [-0.25, -0.2) is 0 Å². The molecule has 0 radical (unpaired) electrons. The molecule has 0 aromatic carbocycles. The third-order valence-electron chi connectivity index (χ3n) is 3.43. The highest BCUT2D eigenvalue weighted by Crippen LogP contribution is 2.28. The fourth-order valence-electron chi connectivity index (χ4n) is 2.45. The van der Waals surface area contributed by atoms with Crippen LogP contribution in [0.3, 0.4) is 0 Å². The smallest absolute Gasteiger partial charge is 0.226 e. The highest BCUT2D eigenvalue weighted by molar-refractivity contribution is 6.28. The normalized spacial score (nSPS) is 23.7. The molecule has 6 nitrogen and oxygen atoms in total. The minimum Gasteiger partial charge on any atom is -0.376 e. The standard InChI is InChI=1S/C11H14ClN5O/c1-6-8(3-4-18-6)17(2)10-7-5-13-16-9(7)14-11(12)15-10/h5-6,8H,3-4H2,1-2H3,(H,13,14,15,16). The first kappa shape index (κ1) is 11.7. The van der Waals surface area contributed by atoms with Crippen LogP contribution >= 0.6 is 11.6 Å². The Kier molecular flexibility index (Phi) is 2.83. The maximum atomic E-state index is 5.94. The van der Waals surface area contributed by atoms with E-state index in [1.807, 2.05) is 7.05 Å². The third-order valence-corrected chi connectivity index (χ3v) is 3.60. The van der Waals surface area contributed by atoms with Gasteiger partial charge in [0, 0.05) is 13.7 Å². The van der Waals surface area contributed by atoms with E-state index >= 15 is 0 Å². The molecule has 96 valence electrons. The van der Waals surface area contributed by atoms with Gasteiger partial charge in [-0.1, -0.05) is 0 Å². The van der Waals surface area contributed by atoms with E-state index in [-0.39, 0.29) is 11.4 Å². The Balaban J connectivity index is 2.04. The van der Waals surface area contributed by atoms with Crippen molar-refractivity contribution in [2.24, 2.45) is 0 Å². The fourth-order valence-corrected chi connectivity index (χ4v) is 2.61. The van der Waals surface area contributed by atoms with E-state index in [9.17, 15) is 0 Å². The van der Waals surface area contributed by atoms with Gasteiger partial charge in [-0.3, -0.25) is 5.10 Å². The van der Waals surface area contributed by atoms with Crippen LogP contribution in [0.25, 0.3) is 11.0 Å². The zero-order valence-electron chi connectivity index (χ0n) is 10.2. The number of aromatic amines is 1. The summed E-state index contributed by atoms with van der Waals surface area (Å²) in [6.45, 7) is 2.85. The summed E-state index contributed by atoms with van der Waals surface area (Å²) in [5.41, 5.74) is 0.656. The second-order valence-electron chi connectivity index (χ2n) is 4.49. The number of hydrogen-bond acceptors (Lipinski definition) is 5. The van der Waals surface area contributed by atoms with Gasteiger partial charge in [-0.2, -0.15) is 15.1 Å². The molecule has 1 aliphatic rings. The summed E-state index contributed by atoms with van der Waals surface area (Å²) < 4.78 is 5.59. The van der Waals surface area contributed by atoms with Crippen molar-refractivity contribution in [3.05, 3.63) is 11.5 Å². The molecule has 1 N–H and O–H groups in total. The molecule has 2 unspecified atom stereocenters. The van der Waals surface area contributed by atoms with Crippen molar-refractivity contribution in [3.8, 4) is 0 Å². The van der Waals surface area contributed by atoms with Gasteiger partial charge >= 0.3 is 0 Å². The minimum atomic E-state index is 0.186. The maximum Gasteiger partial charge on any atom is 0.226 e. The summed E-state index contributed by atoms with van der Waals surface area (Å²) in [7, 11) is 2.00. The van der Waals surface area contributed by atoms with Crippen LogP contribution in [0.2, 0.25) is 5.28 Å². The van der Waals surface area contributed by atoms with Crippen molar-refractivity contribution in [2.45, 2.75) is 25.5 Å². The molecule has 0 spiro atoms. The second kappa shape index (κ2) is 4.37. The third kappa shape index (κ3) is 1.81. The number of hydrogen-bond donors (Lipinski definition) is 1. The number of fused-ring (bicyclic) bond motifs is 1. The Morgan fingerprint density at radius 3 is 3.06 bits per heavy atom. The molecular formula is C11H14ClN5O.